The van der Waals surface area contributed by atoms with Crippen LogP contribution in [0.5, 0.6) is 0 Å². The molecular weight excluding hydrogens is 234 g/mol. The van der Waals surface area contributed by atoms with Crippen LogP contribution in [0.15, 0.2) is 17.4 Å². The summed E-state index contributed by atoms with van der Waals surface area (Å²) in [6.45, 7) is 9.33. The van der Waals surface area contributed by atoms with Gasteiger partial charge in [0.1, 0.15) is 11.4 Å². The zero-order chi connectivity index (χ0) is 12.8. The van der Waals surface area contributed by atoms with Gasteiger partial charge in [-0.05, 0) is 33.8 Å². The predicted octanol–water partition coefficient (Wildman–Crippen LogP) is 2.13. The number of thioether (sulfide) groups is 1. The number of hydrogen-bond acceptors (Lipinski definition) is 4. The molecule has 1 aromatic rings. The van der Waals surface area contributed by atoms with E-state index in [0.717, 1.165) is 23.8 Å². The fourth-order valence-electron chi connectivity index (χ4n) is 1.52. The molecule has 0 fully saturated rings. The summed E-state index contributed by atoms with van der Waals surface area (Å²) in [5.74, 6) is 0.163. The fraction of sp³-hybridized carbons (Fsp3) is 0.583. The minimum atomic E-state index is -0.107. The van der Waals surface area contributed by atoms with Crippen molar-refractivity contribution in [2.45, 2.75) is 38.0 Å². The lowest BCUT2D eigenvalue weighted by Gasteiger charge is -2.22. The zero-order valence-corrected chi connectivity index (χ0v) is 11.6. The summed E-state index contributed by atoms with van der Waals surface area (Å²) in [4.78, 5) is 22.1. The normalized spacial score (nSPS) is 12.2. The standard InChI is InChI=1S/C12H19N3OS/c1-5-15(6-2)12(16)10(4)17-11-7-9(3)13-8-14-11/h7-8,10H,5-6H2,1-4H3. The number of carbonyl (C=O) groups is 1. The minimum absolute atomic E-state index is 0.107. The summed E-state index contributed by atoms with van der Waals surface area (Å²) >= 11 is 1.48. The van der Waals surface area contributed by atoms with Crippen molar-refractivity contribution < 1.29 is 4.79 Å². The van der Waals surface area contributed by atoms with E-state index < -0.39 is 0 Å². The van der Waals surface area contributed by atoms with Crippen molar-refractivity contribution in [1.29, 1.82) is 0 Å². The molecule has 1 atom stereocenters. The molecule has 0 aromatic carbocycles. The molecule has 17 heavy (non-hydrogen) atoms. The maximum absolute atomic E-state index is 12.1. The Labute approximate surface area is 107 Å². The highest BCUT2D eigenvalue weighted by Gasteiger charge is 2.19. The Hall–Kier alpha value is -1.10. The van der Waals surface area contributed by atoms with Gasteiger partial charge in [0.05, 0.1) is 5.25 Å². The van der Waals surface area contributed by atoms with Crippen LogP contribution >= 0.6 is 11.8 Å². The van der Waals surface area contributed by atoms with Crippen LogP contribution in [0.2, 0.25) is 0 Å². The lowest BCUT2D eigenvalue weighted by molar-refractivity contribution is -0.129. The third-order valence-corrected chi connectivity index (χ3v) is 3.52. The SMILES string of the molecule is CCN(CC)C(=O)C(C)Sc1cc(C)ncn1. The first-order chi connectivity index (χ1) is 8.08. The van der Waals surface area contributed by atoms with Gasteiger partial charge in [-0.15, -0.1) is 0 Å². The van der Waals surface area contributed by atoms with E-state index in [-0.39, 0.29) is 11.2 Å². The summed E-state index contributed by atoms with van der Waals surface area (Å²) < 4.78 is 0. The average molecular weight is 253 g/mol. The first-order valence-electron chi connectivity index (χ1n) is 5.82. The van der Waals surface area contributed by atoms with Gasteiger partial charge in [0.2, 0.25) is 5.91 Å². The molecule has 0 N–H and O–H groups in total. The molecule has 0 aliphatic carbocycles. The lowest BCUT2D eigenvalue weighted by atomic mass is 10.4. The highest BCUT2D eigenvalue weighted by atomic mass is 32.2. The lowest BCUT2D eigenvalue weighted by Crippen LogP contribution is -2.36. The van der Waals surface area contributed by atoms with Crippen molar-refractivity contribution in [2.75, 3.05) is 13.1 Å². The second-order valence-corrected chi connectivity index (χ2v) is 5.13. The molecule has 0 saturated carbocycles. The van der Waals surface area contributed by atoms with Crippen molar-refractivity contribution in [1.82, 2.24) is 14.9 Å². The maximum atomic E-state index is 12.1. The highest BCUT2D eigenvalue weighted by Crippen LogP contribution is 2.22. The van der Waals surface area contributed by atoms with E-state index in [1.807, 2.05) is 38.7 Å². The number of nitrogens with zero attached hydrogens (tertiary/aromatic N) is 3. The van der Waals surface area contributed by atoms with Crippen LogP contribution in [0.4, 0.5) is 0 Å². The highest BCUT2D eigenvalue weighted by molar-refractivity contribution is 8.00. The smallest absolute Gasteiger partial charge is 0.235 e. The summed E-state index contributed by atoms with van der Waals surface area (Å²) in [6, 6.07) is 1.90. The van der Waals surface area contributed by atoms with Crippen LogP contribution in [0.1, 0.15) is 26.5 Å². The molecule has 1 heterocycles. The van der Waals surface area contributed by atoms with Gasteiger partial charge in [0, 0.05) is 18.8 Å². The third kappa shape index (κ3) is 4.00. The van der Waals surface area contributed by atoms with Gasteiger partial charge in [-0.3, -0.25) is 4.79 Å². The quantitative estimate of drug-likeness (QED) is 0.596. The molecule has 1 unspecified atom stereocenters. The first-order valence-corrected chi connectivity index (χ1v) is 6.70. The molecule has 0 bridgehead atoms. The molecule has 1 rings (SSSR count). The number of aromatic nitrogens is 2. The van der Waals surface area contributed by atoms with Crippen molar-refractivity contribution in [3.8, 4) is 0 Å². The Morgan fingerprint density at radius 3 is 2.59 bits per heavy atom. The van der Waals surface area contributed by atoms with E-state index in [9.17, 15) is 4.79 Å². The van der Waals surface area contributed by atoms with Crippen LogP contribution in [-0.2, 0) is 4.79 Å². The van der Waals surface area contributed by atoms with Crippen molar-refractivity contribution in [3.63, 3.8) is 0 Å². The van der Waals surface area contributed by atoms with E-state index in [1.54, 1.807) is 0 Å². The Kier molecular flexibility index (Phi) is 5.41. The molecule has 0 aliphatic heterocycles. The van der Waals surface area contributed by atoms with Crippen LogP contribution in [-0.4, -0.2) is 39.1 Å². The molecular formula is C12H19N3OS. The average Bonchev–Trinajstić information content (AvgIpc) is 2.30. The van der Waals surface area contributed by atoms with Crippen molar-refractivity contribution in [3.05, 3.63) is 18.1 Å². The summed E-state index contributed by atoms with van der Waals surface area (Å²) in [5.41, 5.74) is 0.921. The monoisotopic (exact) mass is 253 g/mol. The summed E-state index contributed by atoms with van der Waals surface area (Å²) in [6.07, 6.45) is 1.53. The van der Waals surface area contributed by atoms with Gasteiger partial charge in [0.25, 0.3) is 0 Å². The van der Waals surface area contributed by atoms with Gasteiger partial charge in [-0.1, -0.05) is 11.8 Å². The number of rotatable bonds is 5. The maximum Gasteiger partial charge on any atom is 0.235 e. The zero-order valence-electron chi connectivity index (χ0n) is 10.8. The van der Waals surface area contributed by atoms with Crippen molar-refractivity contribution in [2.24, 2.45) is 0 Å². The largest absolute Gasteiger partial charge is 0.342 e. The van der Waals surface area contributed by atoms with Crippen LogP contribution in [0.3, 0.4) is 0 Å². The number of carbonyl (C=O) groups excluding carboxylic acids is 1. The predicted molar refractivity (Wildman–Crippen MR) is 70.0 cm³/mol. The number of hydrogen-bond donors (Lipinski definition) is 0. The third-order valence-electron chi connectivity index (χ3n) is 2.50. The molecule has 0 radical (unpaired) electrons. The Morgan fingerprint density at radius 1 is 1.41 bits per heavy atom. The molecule has 94 valence electrons. The van der Waals surface area contributed by atoms with Crippen LogP contribution < -0.4 is 0 Å². The first kappa shape index (κ1) is 14.0. The molecule has 4 nitrogen and oxygen atoms in total. The molecule has 5 heteroatoms. The van der Waals surface area contributed by atoms with E-state index in [1.165, 1.54) is 18.1 Å². The molecule has 1 amide bonds. The Morgan fingerprint density at radius 2 is 2.06 bits per heavy atom. The Balaban J connectivity index is 2.65. The van der Waals surface area contributed by atoms with E-state index >= 15 is 0 Å². The summed E-state index contributed by atoms with van der Waals surface area (Å²) in [7, 11) is 0. The van der Waals surface area contributed by atoms with Crippen LogP contribution in [0.25, 0.3) is 0 Å². The van der Waals surface area contributed by atoms with E-state index in [2.05, 4.69) is 9.97 Å². The minimum Gasteiger partial charge on any atom is -0.342 e. The van der Waals surface area contributed by atoms with Crippen molar-refractivity contribution >= 4 is 17.7 Å². The summed E-state index contributed by atoms with van der Waals surface area (Å²) in [5, 5.41) is 0.745. The van der Waals surface area contributed by atoms with Crippen LogP contribution in [0, 0.1) is 6.92 Å². The van der Waals surface area contributed by atoms with Gasteiger partial charge < -0.3 is 4.90 Å². The van der Waals surface area contributed by atoms with Gasteiger partial charge >= 0.3 is 0 Å². The molecule has 0 aliphatic rings. The van der Waals surface area contributed by atoms with E-state index in [0.29, 0.717) is 0 Å². The number of amides is 1. The second-order valence-electron chi connectivity index (χ2n) is 3.77. The van der Waals surface area contributed by atoms with Gasteiger partial charge in [0.15, 0.2) is 0 Å². The molecule has 1 aromatic heterocycles. The second kappa shape index (κ2) is 6.59. The fourth-order valence-corrected chi connectivity index (χ4v) is 2.48. The van der Waals surface area contributed by atoms with E-state index in [4.69, 9.17) is 0 Å². The Bertz CT molecular complexity index is 380. The molecule has 0 spiro atoms. The van der Waals surface area contributed by atoms with Gasteiger partial charge in [-0.25, -0.2) is 9.97 Å². The topological polar surface area (TPSA) is 46.1 Å². The molecule has 0 saturated heterocycles. The number of aryl methyl sites for hydroxylation is 1. The van der Waals surface area contributed by atoms with Gasteiger partial charge in [-0.2, -0.15) is 0 Å².